The smallest absolute Gasteiger partial charge is 0.653 e. The van der Waals surface area contributed by atoms with Crippen LogP contribution in [0.1, 0.15) is 83.1 Å². The van der Waals surface area contributed by atoms with Crippen molar-refractivity contribution in [3.8, 4) is 0 Å². The number of hydrogen-bond donors (Lipinski definition) is 0. The molecule has 0 N–H and O–H groups in total. The van der Waals surface area contributed by atoms with Gasteiger partial charge in [0.2, 0.25) is 0 Å². The Morgan fingerprint density at radius 3 is 0.474 bits per heavy atom. The van der Waals surface area contributed by atoms with E-state index in [9.17, 15) is 0 Å². The SMILES string of the molecule is CC(C)(C)[N-]C(C)(C)C.CC(C)(C)[N-]C(C)(C)C.[Fe+2]. The van der Waals surface area contributed by atoms with Crippen molar-refractivity contribution in [3.05, 3.63) is 10.6 Å². The van der Waals surface area contributed by atoms with Crippen molar-refractivity contribution in [2.75, 3.05) is 0 Å². The predicted octanol–water partition coefficient (Wildman–Crippen LogP) is 5.91. The Kier molecular flexibility index (Phi) is 10.3. The zero-order chi connectivity index (χ0) is 15.4. The molecule has 0 saturated heterocycles. The Hall–Kier alpha value is 0.439. The molecule has 0 amide bonds. The van der Waals surface area contributed by atoms with E-state index < -0.39 is 0 Å². The minimum absolute atomic E-state index is 0. The van der Waals surface area contributed by atoms with Crippen molar-refractivity contribution < 1.29 is 17.1 Å². The van der Waals surface area contributed by atoms with Crippen molar-refractivity contribution in [2.24, 2.45) is 0 Å². The van der Waals surface area contributed by atoms with E-state index in [-0.39, 0.29) is 39.2 Å². The first kappa shape index (κ1) is 24.5. The first-order valence-corrected chi connectivity index (χ1v) is 6.89. The van der Waals surface area contributed by atoms with E-state index in [4.69, 9.17) is 0 Å². The Morgan fingerprint density at radius 2 is 0.474 bits per heavy atom. The molecule has 0 aromatic rings. The summed E-state index contributed by atoms with van der Waals surface area (Å²) >= 11 is 0. The molecule has 0 rings (SSSR count). The largest absolute Gasteiger partial charge is 2.00 e. The van der Waals surface area contributed by atoms with Gasteiger partial charge in [-0.2, -0.15) is 0 Å². The Labute approximate surface area is 133 Å². The summed E-state index contributed by atoms with van der Waals surface area (Å²) in [5.74, 6) is 0. The van der Waals surface area contributed by atoms with Crippen LogP contribution in [0.5, 0.6) is 0 Å². The molecule has 0 aliphatic carbocycles. The molecule has 118 valence electrons. The molecule has 0 heterocycles. The fourth-order valence-corrected chi connectivity index (χ4v) is 2.01. The predicted molar refractivity (Wildman–Crippen MR) is 85.7 cm³/mol. The fourth-order valence-electron chi connectivity index (χ4n) is 2.01. The monoisotopic (exact) mass is 312 g/mol. The van der Waals surface area contributed by atoms with Gasteiger partial charge < -0.3 is 10.6 Å². The average Bonchev–Trinajstić information content (AvgIpc) is 1.64. The van der Waals surface area contributed by atoms with Crippen LogP contribution in [0.25, 0.3) is 10.6 Å². The summed E-state index contributed by atoms with van der Waals surface area (Å²) in [5, 5.41) is 9.08. The molecule has 0 aromatic heterocycles. The molecule has 0 aliphatic rings. The van der Waals surface area contributed by atoms with Crippen LogP contribution >= 0.6 is 0 Å². The van der Waals surface area contributed by atoms with E-state index >= 15 is 0 Å². The summed E-state index contributed by atoms with van der Waals surface area (Å²) < 4.78 is 0. The van der Waals surface area contributed by atoms with E-state index in [1.807, 2.05) is 0 Å². The molecule has 0 aromatic carbocycles. The second-order valence-electron chi connectivity index (χ2n) is 8.91. The number of rotatable bonds is 0. The van der Waals surface area contributed by atoms with Gasteiger partial charge in [0.15, 0.2) is 0 Å². The molecule has 19 heavy (non-hydrogen) atoms. The van der Waals surface area contributed by atoms with Crippen LogP contribution in [-0.2, 0) is 17.1 Å². The van der Waals surface area contributed by atoms with Gasteiger partial charge in [-0.05, 0) is 0 Å². The molecule has 0 fully saturated rings. The third-order valence-electron chi connectivity index (χ3n) is 1.34. The first-order chi connectivity index (χ1) is 7.41. The quantitative estimate of drug-likeness (QED) is 0.497. The topological polar surface area (TPSA) is 28.2 Å². The van der Waals surface area contributed by atoms with Crippen LogP contribution in [0.4, 0.5) is 0 Å². The van der Waals surface area contributed by atoms with Crippen LogP contribution in [0.15, 0.2) is 0 Å². The van der Waals surface area contributed by atoms with Crippen molar-refractivity contribution in [1.82, 2.24) is 0 Å². The van der Waals surface area contributed by atoms with Gasteiger partial charge in [-0.15, -0.1) is 22.2 Å². The van der Waals surface area contributed by atoms with Crippen LogP contribution in [-0.4, -0.2) is 22.2 Å². The molecular weight excluding hydrogens is 276 g/mol. The van der Waals surface area contributed by atoms with Crippen LogP contribution < -0.4 is 0 Å². The van der Waals surface area contributed by atoms with Crippen LogP contribution in [0, 0.1) is 0 Å². The molecule has 0 radical (unpaired) electrons. The maximum Gasteiger partial charge on any atom is 2.00 e. The van der Waals surface area contributed by atoms with Crippen molar-refractivity contribution in [1.29, 1.82) is 0 Å². The summed E-state index contributed by atoms with van der Waals surface area (Å²) in [6.45, 7) is 25.5. The van der Waals surface area contributed by atoms with Gasteiger partial charge in [-0.3, -0.25) is 0 Å². The Bertz CT molecular complexity index is 171. The van der Waals surface area contributed by atoms with Gasteiger partial charge in [0.1, 0.15) is 0 Å². The first-order valence-electron chi connectivity index (χ1n) is 6.89. The summed E-state index contributed by atoms with van der Waals surface area (Å²) in [6, 6.07) is 0. The standard InChI is InChI=1S/2C8H18N.Fe/c2*1-7(2,3)9-8(4,5)6;/h2*1-6H3;/q2*-1;+2. The third-order valence-corrected chi connectivity index (χ3v) is 1.34. The molecule has 2 nitrogen and oxygen atoms in total. The number of nitrogens with zero attached hydrogens (tertiary/aromatic N) is 2. The zero-order valence-corrected chi connectivity index (χ0v) is 16.4. The van der Waals surface area contributed by atoms with E-state index in [1.54, 1.807) is 0 Å². The summed E-state index contributed by atoms with van der Waals surface area (Å²) in [6.07, 6.45) is 0. The maximum atomic E-state index is 4.54. The van der Waals surface area contributed by atoms with Gasteiger partial charge in [0, 0.05) is 0 Å². The molecule has 0 saturated carbocycles. The molecule has 0 spiro atoms. The minimum Gasteiger partial charge on any atom is -0.653 e. The van der Waals surface area contributed by atoms with Gasteiger partial charge in [-0.25, -0.2) is 0 Å². The molecule has 0 bridgehead atoms. The van der Waals surface area contributed by atoms with Crippen molar-refractivity contribution in [2.45, 2.75) is 105 Å². The normalized spacial score (nSPS) is 13.3. The molecule has 3 heteroatoms. The second-order valence-corrected chi connectivity index (χ2v) is 8.91. The van der Waals surface area contributed by atoms with Gasteiger partial charge >= 0.3 is 17.1 Å². The van der Waals surface area contributed by atoms with Crippen molar-refractivity contribution in [3.63, 3.8) is 0 Å². The van der Waals surface area contributed by atoms with Crippen LogP contribution in [0.3, 0.4) is 0 Å². The van der Waals surface area contributed by atoms with E-state index in [2.05, 4.69) is 93.7 Å². The Balaban J connectivity index is -0.000000256. The molecule has 0 atom stereocenters. The Morgan fingerprint density at radius 1 is 0.368 bits per heavy atom. The van der Waals surface area contributed by atoms with Crippen molar-refractivity contribution >= 4 is 0 Å². The summed E-state index contributed by atoms with van der Waals surface area (Å²) in [7, 11) is 0. The third kappa shape index (κ3) is 32.2. The van der Waals surface area contributed by atoms with E-state index in [0.717, 1.165) is 0 Å². The molecule has 0 aliphatic heterocycles. The van der Waals surface area contributed by atoms with Gasteiger partial charge in [0.25, 0.3) is 0 Å². The van der Waals surface area contributed by atoms with E-state index in [0.29, 0.717) is 0 Å². The fraction of sp³-hybridized carbons (Fsp3) is 1.00. The number of hydrogen-bond acceptors (Lipinski definition) is 0. The zero-order valence-electron chi connectivity index (χ0n) is 15.2. The molecule has 0 unspecified atom stereocenters. The summed E-state index contributed by atoms with van der Waals surface area (Å²) in [5.41, 5.74) is 0.438. The second kappa shape index (κ2) is 8.02. The maximum absolute atomic E-state index is 4.54. The summed E-state index contributed by atoms with van der Waals surface area (Å²) in [4.78, 5) is 0. The van der Waals surface area contributed by atoms with Gasteiger partial charge in [-0.1, -0.05) is 83.1 Å². The average molecular weight is 312 g/mol. The molecular formula is C16H36FeN2. The van der Waals surface area contributed by atoms with Gasteiger partial charge in [0.05, 0.1) is 0 Å². The van der Waals surface area contributed by atoms with E-state index in [1.165, 1.54) is 0 Å². The van der Waals surface area contributed by atoms with Crippen LogP contribution in [0.2, 0.25) is 0 Å². The minimum atomic E-state index is 0.